The van der Waals surface area contributed by atoms with Crippen LogP contribution in [-0.4, -0.2) is 11.1 Å². The molecule has 0 radical (unpaired) electrons. The summed E-state index contributed by atoms with van der Waals surface area (Å²) in [5.74, 6) is 6.55. The highest BCUT2D eigenvalue weighted by Gasteiger charge is 2.17. The number of halogens is 2. The maximum absolute atomic E-state index is 5.71. The molecule has 1 atom stereocenters. The number of nitrogens with two attached hydrogens (primary N) is 1. The van der Waals surface area contributed by atoms with Gasteiger partial charge in [0.05, 0.1) is 17.8 Å². The van der Waals surface area contributed by atoms with Gasteiger partial charge >= 0.3 is 0 Å². The van der Waals surface area contributed by atoms with Crippen LogP contribution in [-0.2, 0) is 0 Å². The number of nitrogens with zero attached hydrogens (tertiary/aromatic N) is 1. The Balaban J connectivity index is 2.28. The minimum Gasteiger partial charge on any atom is -0.491 e. The van der Waals surface area contributed by atoms with Crippen molar-refractivity contribution in [3.63, 3.8) is 0 Å². The molecule has 4 nitrogen and oxygen atoms in total. The predicted molar refractivity (Wildman–Crippen MR) is 91.0 cm³/mol. The third kappa shape index (κ3) is 4.26. The number of rotatable bonds is 5. The highest BCUT2D eigenvalue weighted by Crippen LogP contribution is 2.29. The molecule has 0 aliphatic rings. The standard InChI is InChI=1S/C15H17Br2N3O/c1-9(2)21-12-5-3-10(4-6-12)14(20-18)15-13(17)7-11(16)8-19-15/h3-9,14,20H,18H2,1-2H3. The van der Waals surface area contributed by atoms with E-state index < -0.39 is 0 Å². The monoisotopic (exact) mass is 413 g/mol. The van der Waals surface area contributed by atoms with Gasteiger partial charge in [0.15, 0.2) is 0 Å². The minimum absolute atomic E-state index is 0.154. The van der Waals surface area contributed by atoms with Crippen LogP contribution in [0, 0.1) is 0 Å². The average molecular weight is 415 g/mol. The normalized spacial score (nSPS) is 12.5. The zero-order chi connectivity index (χ0) is 15.4. The van der Waals surface area contributed by atoms with E-state index in [4.69, 9.17) is 10.6 Å². The molecule has 0 aliphatic heterocycles. The van der Waals surface area contributed by atoms with Crippen LogP contribution in [0.1, 0.15) is 31.1 Å². The Morgan fingerprint density at radius 3 is 2.38 bits per heavy atom. The number of ether oxygens (including phenoxy) is 1. The lowest BCUT2D eigenvalue weighted by molar-refractivity contribution is 0.242. The fourth-order valence-corrected chi connectivity index (χ4v) is 3.20. The van der Waals surface area contributed by atoms with Gasteiger partial charge in [-0.05, 0) is 69.5 Å². The van der Waals surface area contributed by atoms with Gasteiger partial charge in [-0.1, -0.05) is 12.1 Å². The van der Waals surface area contributed by atoms with Crippen molar-refractivity contribution in [2.45, 2.75) is 26.0 Å². The molecule has 0 spiro atoms. The third-order valence-electron chi connectivity index (χ3n) is 2.86. The van der Waals surface area contributed by atoms with E-state index in [2.05, 4.69) is 42.3 Å². The van der Waals surface area contributed by atoms with Crippen LogP contribution in [0.4, 0.5) is 0 Å². The smallest absolute Gasteiger partial charge is 0.119 e. The second-order valence-electron chi connectivity index (χ2n) is 4.86. The van der Waals surface area contributed by atoms with E-state index in [1.807, 2.05) is 44.2 Å². The Morgan fingerprint density at radius 2 is 1.86 bits per heavy atom. The summed E-state index contributed by atoms with van der Waals surface area (Å²) in [6, 6.07) is 9.60. The van der Waals surface area contributed by atoms with Gasteiger partial charge in [-0.2, -0.15) is 0 Å². The van der Waals surface area contributed by atoms with Gasteiger partial charge in [-0.15, -0.1) is 0 Å². The lowest BCUT2D eigenvalue weighted by atomic mass is 10.0. The molecule has 0 aliphatic carbocycles. The van der Waals surface area contributed by atoms with Crippen LogP contribution in [0.15, 0.2) is 45.5 Å². The lowest BCUT2D eigenvalue weighted by Gasteiger charge is -2.18. The van der Waals surface area contributed by atoms with E-state index >= 15 is 0 Å². The van der Waals surface area contributed by atoms with Gasteiger partial charge in [0.25, 0.3) is 0 Å². The molecule has 0 amide bonds. The van der Waals surface area contributed by atoms with Crippen LogP contribution in [0.5, 0.6) is 5.75 Å². The molecule has 6 heteroatoms. The van der Waals surface area contributed by atoms with E-state index in [0.717, 1.165) is 26.0 Å². The van der Waals surface area contributed by atoms with Crippen molar-refractivity contribution in [3.8, 4) is 5.75 Å². The highest BCUT2D eigenvalue weighted by atomic mass is 79.9. The average Bonchev–Trinajstić information content (AvgIpc) is 2.43. The molecule has 2 rings (SSSR count). The first-order valence-corrected chi connectivity index (χ1v) is 8.13. The van der Waals surface area contributed by atoms with Gasteiger partial charge in [-0.3, -0.25) is 10.8 Å². The first-order chi connectivity index (χ1) is 10.0. The molecule has 21 heavy (non-hydrogen) atoms. The quantitative estimate of drug-likeness (QED) is 0.574. The van der Waals surface area contributed by atoms with Crippen molar-refractivity contribution in [1.29, 1.82) is 0 Å². The zero-order valence-electron chi connectivity index (χ0n) is 11.8. The van der Waals surface area contributed by atoms with Crippen molar-refractivity contribution in [2.24, 2.45) is 5.84 Å². The topological polar surface area (TPSA) is 60.2 Å². The maximum Gasteiger partial charge on any atom is 0.119 e. The van der Waals surface area contributed by atoms with E-state index in [1.165, 1.54) is 0 Å². The Morgan fingerprint density at radius 1 is 1.19 bits per heavy atom. The molecular weight excluding hydrogens is 398 g/mol. The number of aromatic nitrogens is 1. The number of hydrogen-bond donors (Lipinski definition) is 2. The lowest BCUT2D eigenvalue weighted by Crippen LogP contribution is -2.29. The number of hydrazine groups is 1. The summed E-state index contributed by atoms with van der Waals surface area (Å²) in [4.78, 5) is 4.43. The van der Waals surface area contributed by atoms with Gasteiger partial charge in [-0.25, -0.2) is 5.43 Å². The number of nitrogens with one attached hydrogen (secondary N) is 1. The molecule has 1 unspecified atom stereocenters. The molecule has 0 saturated carbocycles. The third-order valence-corrected chi connectivity index (χ3v) is 3.93. The molecule has 0 saturated heterocycles. The van der Waals surface area contributed by atoms with Gasteiger partial charge in [0, 0.05) is 15.1 Å². The first kappa shape index (κ1) is 16.4. The van der Waals surface area contributed by atoms with Crippen LogP contribution < -0.4 is 16.0 Å². The summed E-state index contributed by atoms with van der Waals surface area (Å²) < 4.78 is 7.45. The summed E-state index contributed by atoms with van der Waals surface area (Å²) in [5, 5.41) is 0. The summed E-state index contributed by atoms with van der Waals surface area (Å²) >= 11 is 6.92. The number of pyridine rings is 1. The molecule has 1 aromatic heterocycles. The van der Waals surface area contributed by atoms with E-state index in [-0.39, 0.29) is 12.1 Å². The van der Waals surface area contributed by atoms with Crippen LogP contribution in [0.2, 0.25) is 0 Å². The van der Waals surface area contributed by atoms with E-state index in [0.29, 0.717) is 0 Å². The molecule has 2 aromatic rings. The fraction of sp³-hybridized carbons (Fsp3) is 0.267. The molecule has 0 fully saturated rings. The Kier molecular flexibility index (Phi) is 5.75. The van der Waals surface area contributed by atoms with Gasteiger partial charge in [0.2, 0.25) is 0 Å². The largest absolute Gasteiger partial charge is 0.491 e. The van der Waals surface area contributed by atoms with Crippen molar-refractivity contribution in [1.82, 2.24) is 10.4 Å². The molecule has 1 aromatic carbocycles. The van der Waals surface area contributed by atoms with Gasteiger partial charge in [0.1, 0.15) is 5.75 Å². The molecular formula is C15H17Br2N3O. The van der Waals surface area contributed by atoms with E-state index in [9.17, 15) is 0 Å². The summed E-state index contributed by atoms with van der Waals surface area (Å²) in [7, 11) is 0. The van der Waals surface area contributed by atoms with Gasteiger partial charge < -0.3 is 4.74 Å². The van der Waals surface area contributed by atoms with E-state index in [1.54, 1.807) is 6.20 Å². The van der Waals surface area contributed by atoms with Crippen molar-refractivity contribution < 1.29 is 4.74 Å². The number of hydrogen-bond acceptors (Lipinski definition) is 4. The highest BCUT2D eigenvalue weighted by molar-refractivity contribution is 9.11. The molecule has 3 N–H and O–H groups in total. The molecule has 112 valence electrons. The zero-order valence-corrected chi connectivity index (χ0v) is 15.0. The predicted octanol–water partition coefficient (Wildman–Crippen LogP) is 3.95. The Bertz CT molecular complexity index is 602. The fourth-order valence-electron chi connectivity index (χ4n) is 1.98. The number of benzene rings is 1. The van der Waals surface area contributed by atoms with Crippen LogP contribution in [0.25, 0.3) is 0 Å². The SMILES string of the molecule is CC(C)Oc1ccc(C(NN)c2ncc(Br)cc2Br)cc1. The molecule has 1 heterocycles. The second-order valence-corrected chi connectivity index (χ2v) is 6.63. The van der Waals surface area contributed by atoms with Crippen LogP contribution >= 0.6 is 31.9 Å². The van der Waals surface area contributed by atoms with Crippen molar-refractivity contribution in [2.75, 3.05) is 0 Å². The van der Waals surface area contributed by atoms with Crippen LogP contribution in [0.3, 0.4) is 0 Å². The maximum atomic E-state index is 5.71. The Labute approximate surface area is 141 Å². The summed E-state index contributed by atoms with van der Waals surface area (Å²) in [5.41, 5.74) is 4.66. The first-order valence-electron chi connectivity index (χ1n) is 6.55. The minimum atomic E-state index is -0.194. The van der Waals surface area contributed by atoms with Crippen molar-refractivity contribution in [3.05, 3.63) is 56.7 Å². The summed E-state index contributed by atoms with van der Waals surface area (Å²) in [6.45, 7) is 4.00. The molecule has 0 bridgehead atoms. The Hall–Kier alpha value is -0.950. The second kappa shape index (κ2) is 7.35. The summed E-state index contributed by atoms with van der Waals surface area (Å²) in [6.07, 6.45) is 1.90. The van der Waals surface area contributed by atoms with Crippen molar-refractivity contribution >= 4 is 31.9 Å².